The number of hydrogen-bond donors (Lipinski definition) is 1. The lowest BCUT2D eigenvalue weighted by molar-refractivity contribution is 0.171. The summed E-state index contributed by atoms with van der Waals surface area (Å²) < 4.78 is 13.6. The quantitative estimate of drug-likeness (QED) is 0.875. The largest absolute Gasteiger partial charge is 0.486 e. The SMILES string of the molecule is Cc1cc2c(cc1-c1nn(C)c(N)c1Br)OCCO2. The van der Waals surface area contributed by atoms with E-state index in [-0.39, 0.29) is 0 Å². The van der Waals surface area contributed by atoms with Crippen molar-refractivity contribution in [3.63, 3.8) is 0 Å². The van der Waals surface area contributed by atoms with Crippen molar-refractivity contribution >= 4 is 21.7 Å². The Bertz CT molecular complexity index is 652. The maximum atomic E-state index is 5.93. The van der Waals surface area contributed by atoms with E-state index < -0.39 is 0 Å². The highest BCUT2D eigenvalue weighted by atomic mass is 79.9. The molecule has 0 unspecified atom stereocenters. The van der Waals surface area contributed by atoms with Gasteiger partial charge in [-0.25, -0.2) is 0 Å². The second-order valence-electron chi connectivity index (χ2n) is 4.48. The van der Waals surface area contributed by atoms with Gasteiger partial charge < -0.3 is 15.2 Å². The molecule has 6 heteroatoms. The van der Waals surface area contributed by atoms with E-state index in [2.05, 4.69) is 21.0 Å². The van der Waals surface area contributed by atoms with Crippen molar-refractivity contribution in [1.82, 2.24) is 9.78 Å². The highest BCUT2D eigenvalue weighted by Gasteiger charge is 2.19. The zero-order valence-electron chi connectivity index (χ0n) is 10.7. The van der Waals surface area contributed by atoms with E-state index in [0.717, 1.165) is 32.8 Å². The summed E-state index contributed by atoms with van der Waals surface area (Å²) in [7, 11) is 1.82. The van der Waals surface area contributed by atoms with E-state index >= 15 is 0 Å². The minimum atomic E-state index is 0.570. The lowest BCUT2D eigenvalue weighted by atomic mass is 10.0. The lowest BCUT2D eigenvalue weighted by Crippen LogP contribution is -2.15. The van der Waals surface area contributed by atoms with Crippen molar-refractivity contribution in [1.29, 1.82) is 0 Å². The Morgan fingerprint density at radius 3 is 2.47 bits per heavy atom. The molecule has 2 N–H and O–H groups in total. The number of ether oxygens (including phenoxy) is 2. The van der Waals surface area contributed by atoms with Crippen LogP contribution in [0.15, 0.2) is 16.6 Å². The van der Waals surface area contributed by atoms with Gasteiger partial charge in [0.25, 0.3) is 0 Å². The molecule has 1 aliphatic rings. The van der Waals surface area contributed by atoms with Crippen molar-refractivity contribution in [3.05, 3.63) is 22.2 Å². The van der Waals surface area contributed by atoms with Crippen LogP contribution in [0.4, 0.5) is 5.82 Å². The molecule has 1 aromatic carbocycles. The first kappa shape index (κ1) is 12.3. The fraction of sp³-hybridized carbons (Fsp3) is 0.308. The molecule has 0 bridgehead atoms. The summed E-state index contributed by atoms with van der Waals surface area (Å²) in [6.07, 6.45) is 0. The third-order valence-corrected chi connectivity index (χ3v) is 3.96. The van der Waals surface area contributed by atoms with Crippen molar-refractivity contribution < 1.29 is 9.47 Å². The molecule has 0 saturated heterocycles. The zero-order valence-corrected chi connectivity index (χ0v) is 12.3. The molecule has 5 nitrogen and oxygen atoms in total. The summed E-state index contributed by atoms with van der Waals surface area (Å²) in [4.78, 5) is 0. The first-order chi connectivity index (χ1) is 9.08. The van der Waals surface area contributed by atoms with Crippen LogP contribution in [0.1, 0.15) is 5.56 Å². The number of anilines is 1. The maximum absolute atomic E-state index is 5.93. The van der Waals surface area contributed by atoms with Crippen LogP contribution in [0, 0.1) is 6.92 Å². The maximum Gasteiger partial charge on any atom is 0.162 e. The number of nitrogens with zero attached hydrogens (tertiary/aromatic N) is 2. The second-order valence-corrected chi connectivity index (χ2v) is 5.28. The summed E-state index contributed by atoms with van der Waals surface area (Å²) in [5, 5.41) is 4.44. The number of hydrogen-bond acceptors (Lipinski definition) is 4. The molecule has 0 atom stereocenters. The van der Waals surface area contributed by atoms with E-state index in [4.69, 9.17) is 15.2 Å². The monoisotopic (exact) mass is 323 g/mol. The molecule has 0 aliphatic carbocycles. The molecule has 0 saturated carbocycles. The van der Waals surface area contributed by atoms with Gasteiger partial charge in [0.05, 0.1) is 4.47 Å². The minimum absolute atomic E-state index is 0.570. The number of aromatic nitrogens is 2. The number of rotatable bonds is 1. The van der Waals surface area contributed by atoms with Gasteiger partial charge in [-0.2, -0.15) is 5.10 Å². The Morgan fingerprint density at radius 1 is 1.26 bits per heavy atom. The summed E-state index contributed by atoms with van der Waals surface area (Å²) in [5.74, 6) is 2.14. The predicted octanol–water partition coefficient (Wildman–Crippen LogP) is 2.51. The van der Waals surface area contributed by atoms with Gasteiger partial charge >= 0.3 is 0 Å². The van der Waals surface area contributed by atoms with Gasteiger partial charge in [-0.05, 0) is 40.5 Å². The van der Waals surface area contributed by atoms with Gasteiger partial charge in [0.15, 0.2) is 11.5 Å². The molecule has 1 aliphatic heterocycles. The number of fused-ring (bicyclic) bond motifs is 1. The third-order valence-electron chi connectivity index (χ3n) is 3.18. The van der Waals surface area contributed by atoms with Gasteiger partial charge in [0.2, 0.25) is 0 Å². The molecule has 0 fully saturated rings. The third kappa shape index (κ3) is 1.96. The fourth-order valence-electron chi connectivity index (χ4n) is 2.13. The molecule has 19 heavy (non-hydrogen) atoms. The lowest BCUT2D eigenvalue weighted by Gasteiger charge is -2.20. The van der Waals surface area contributed by atoms with Crippen LogP contribution in [0.25, 0.3) is 11.3 Å². The Hall–Kier alpha value is -1.69. The van der Waals surface area contributed by atoms with Crippen LogP contribution in [-0.2, 0) is 7.05 Å². The number of nitrogen functional groups attached to an aromatic ring is 1. The fourth-order valence-corrected chi connectivity index (χ4v) is 2.68. The molecule has 100 valence electrons. The van der Waals surface area contributed by atoms with Crippen LogP contribution in [0.5, 0.6) is 11.5 Å². The van der Waals surface area contributed by atoms with Gasteiger partial charge in [0.1, 0.15) is 24.7 Å². The normalized spacial score (nSPS) is 13.6. The van der Waals surface area contributed by atoms with Gasteiger partial charge in [-0.15, -0.1) is 0 Å². The van der Waals surface area contributed by atoms with Gasteiger partial charge in [-0.3, -0.25) is 4.68 Å². The average Bonchev–Trinajstić information content (AvgIpc) is 2.66. The van der Waals surface area contributed by atoms with E-state index in [1.165, 1.54) is 0 Å². The molecule has 1 aromatic heterocycles. The molecular weight excluding hydrogens is 310 g/mol. The van der Waals surface area contributed by atoms with E-state index in [1.807, 2.05) is 26.1 Å². The molecule has 2 heterocycles. The average molecular weight is 324 g/mol. The van der Waals surface area contributed by atoms with Crippen molar-refractivity contribution in [3.8, 4) is 22.8 Å². The van der Waals surface area contributed by atoms with Crippen LogP contribution < -0.4 is 15.2 Å². The Balaban J connectivity index is 2.17. The van der Waals surface area contributed by atoms with Crippen LogP contribution in [0.3, 0.4) is 0 Å². The Morgan fingerprint density at radius 2 is 1.89 bits per heavy atom. The first-order valence-corrected chi connectivity index (χ1v) is 6.76. The molecular formula is C13H14BrN3O2. The smallest absolute Gasteiger partial charge is 0.162 e. The van der Waals surface area contributed by atoms with Crippen molar-refractivity contribution in [2.45, 2.75) is 6.92 Å². The molecule has 2 aromatic rings. The summed E-state index contributed by atoms with van der Waals surface area (Å²) in [6.45, 7) is 3.18. The number of nitrogens with two attached hydrogens (primary N) is 1. The van der Waals surface area contributed by atoms with Crippen LogP contribution >= 0.6 is 15.9 Å². The highest BCUT2D eigenvalue weighted by Crippen LogP contribution is 2.40. The zero-order chi connectivity index (χ0) is 13.6. The number of aryl methyl sites for hydroxylation is 2. The second kappa shape index (κ2) is 4.45. The molecule has 0 spiro atoms. The van der Waals surface area contributed by atoms with Crippen LogP contribution in [0.2, 0.25) is 0 Å². The summed E-state index contributed by atoms with van der Waals surface area (Å²) >= 11 is 3.49. The number of halogens is 1. The summed E-state index contributed by atoms with van der Waals surface area (Å²) in [5.41, 5.74) is 8.80. The number of benzene rings is 1. The van der Waals surface area contributed by atoms with Crippen molar-refractivity contribution in [2.24, 2.45) is 7.05 Å². The van der Waals surface area contributed by atoms with Gasteiger partial charge in [0, 0.05) is 12.6 Å². The van der Waals surface area contributed by atoms with E-state index in [0.29, 0.717) is 19.0 Å². The van der Waals surface area contributed by atoms with Crippen LogP contribution in [-0.4, -0.2) is 23.0 Å². The summed E-state index contributed by atoms with van der Waals surface area (Å²) in [6, 6.07) is 3.93. The Kier molecular flexibility index (Phi) is 2.89. The first-order valence-electron chi connectivity index (χ1n) is 5.96. The standard InChI is InChI=1S/C13H14BrN3O2/c1-7-5-9-10(19-4-3-18-9)6-8(7)12-11(14)13(15)17(2)16-12/h5-6H,3-4,15H2,1-2H3. The predicted molar refractivity (Wildman–Crippen MR) is 76.5 cm³/mol. The molecule has 0 amide bonds. The van der Waals surface area contributed by atoms with Crippen molar-refractivity contribution in [2.75, 3.05) is 18.9 Å². The van der Waals surface area contributed by atoms with E-state index in [9.17, 15) is 0 Å². The molecule has 0 radical (unpaired) electrons. The van der Waals surface area contributed by atoms with E-state index in [1.54, 1.807) is 4.68 Å². The highest BCUT2D eigenvalue weighted by molar-refractivity contribution is 9.10. The molecule has 3 rings (SSSR count). The minimum Gasteiger partial charge on any atom is -0.486 e. The van der Waals surface area contributed by atoms with Gasteiger partial charge in [-0.1, -0.05) is 0 Å². The topological polar surface area (TPSA) is 62.3 Å². The Labute approximate surface area is 119 Å².